The molecule has 0 bridgehead atoms. The summed E-state index contributed by atoms with van der Waals surface area (Å²) in [5, 5.41) is 9.53. The van der Waals surface area contributed by atoms with Crippen LogP contribution in [-0.4, -0.2) is 23.2 Å². The lowest BCUT2D eigenvalue weighted by Gasteiger charge is -2.13. The number of sulfonamides is 1. The van der Waals surface area contributed by atoms with Gasteiger partial charge in [-0.1, -0.05) is 35.7 Å². The quantitative estimate of drug-likeness (QED) is 0.600. The van der Waals surface area contributed by atoms with Gasteiger partial charge in [0.15, 0.2) is 5.82 Å². The third-order valence-corrected chi connectivity index (χ3v) is 7.34. The summed E-state index contributed by atoms with van der Waals surface area (Å²) in [6.07, 6.45) is 4.17. The maximum Gasteiger partial charge on any atom is 0.262 e. The van der Waals surface area contributed by atoms with Crippen molar-refractivity contribution in [2.24, 2.45) is 0 Å². The topological polar surface area (TPSA) is 76.9 Å². The summed E-state index contributed by atoms with van der Waals surface area (Å²) in [4.78, 5) is 0.137. The fourth-order valence-electron chi connectivity index (χ4n) is 3.53. The summed E-state index contributed by atoms with van der Waals surface area (Å²) in [5.41, 5.74) is 1.55. The molecule has 1 N–H and O–H groups in total. The number of aryl methyl sites for hydroxylation is 1. The molecule has 0 saturated carbocycles. The van der Waals surface area contributed by atoms with E-state index in [1.54, 1.807) is 37.3 Å². The van der Waals surface area contributed by atoms with Crippen LogP contribution in [0, 0.1) is 6.92 Å². The van der Waals surface area contributed by atoms with Crippen LogP contribution in [0.1, 0.15) is 30.7 Å². The summed E-state index contributed by atoms with van der Waals surface area (Å²) >= 11 is 12.5. The third kappa shape index (κ3) is 3.99. The molecule has 0 fully saturated rings. The molecule has 29 heavy (non-hydrogen) atoms. The predicted molar refractivity (Wildman–Crippen MR) is 115 cm³/mol. The molecule has 0 aliphatic carbocycles. The fraction of sp³-hybridized carbons (Fsp3) is 0.300. The Hall–Kier alpha value is -2.09. The summed E-state index contributed by atoms with van der Waals surface area (Å²) < 4.78 is 30.5. The highest BCUT2D eigenvalue weighted by molar-refractivity contribution is 7.92. The second-order valence-corrected chi connectivity index (χ2v) is 9.53. The molecule has 4 rings (SSSR count). The van der Waals surface area contributed by atoms with Crippen LogP contribution in [0.3, 0.4) is 0 Å². The molecule has 0 unspecified atom stereocenters. The predicted octanol–water partition coefficient (Wildman–Crippen LogP) is 5.09. The number of fused-ring (bicyclic) bond motifs is 1. The molecule has 2 aromatic carbocycles. The minimum absolute atomic E-state index is 0.137. The molecule has 0 radical (unpaired) electrons. The first-order valence-corrected chi connectivity index (χ1v) is 11.6. The van der Waals surface area contributed by atoms with E-state index >= 15 is 0 Å². The van der Waals surface area contributed by atoms with E-state index in [4.69, 9.17) is 23.2 Å². The second kappa shape index (κ2) is 7.97. The normalized spacial score (nSPS) is 14.3. The Morgan fingerprint density at radius 3 is 2.69 bits per heavy atom. The lowest BCUT2D eigenvalue weighted by atomic mass is 10.2. The van der Waals surface area contributed by atoms with E-state index in [2.05, 4.69) is 19.5 Å². The van der Waals surface area contributed by atoms with E-state index in [0.717, 1.165) is 38.1 Å². The highest BCUT2D eigenvalue weighted by Gasteiger charge is 2.21. The maximum absolute atomic E-state index is 12.9. The first-order chi connectivity index (χ1) is 13.9. The second-order valence-electron chi connectivity index (χ2n) is 7.07. The average molecular weight is 451 g/mol. The molecule has 2 heterocycles. The fourth-order valence-corrected chi connectivity index (χ4v) is 5.28. The van der Waals surface area contributed by atoms with Crippen LogP contribution >= 0.6 is 23.2 Å². The summed E-state index contributed by atoms with van der Waals surface area (Å²) in [5.74, 6) is 1.60. The number of benzene rings is 2. The number of hydrogen-bond acceptors (Lipinski definition) is 4. The Morgan fingerprint density at radius 2 is 1.86 bits per heavy atom. The van der Waals surface area contributed by atoms with Crippen molar-refractivity contribution >= 4 is 38.9 Å². The van der Waals surface area contributed by atoms with Crippen LogP contribution in [0.2, 0.25) is 10.0 Å². The van der Waals surface area contributed by atoms with Gasteiger partial charge in [0.25, 0.3) is 10.0 Å². The van der Waals surface area contributed by atoms with Crippen molar-refractivity contribution < 1.29 is 8.42 Å². The maximum atomic E-state index is 12.9. The number of anilines is 1. The summed E-state index contributed by atoms with van der Waals surface area (Å²) in [6.45, 7) is 2.50. The van der Waals surface area contributed by atoms with Gasteiger partial charge >= 0.3 is 0 Å². The summed E-state index contributed by atoms with van der Waals surface area (Å²) in [6, 6.07) is 9.79. The Bertz CT molecular complexity index is 1180. The molecule has 6 nitrogen and oxygen atoms in total. The van der Waals surface area contributed by atoms with E-state index in [1.807, 2.05) is 0 Å². The molecule has 0 amide bonds. The van der Waals surface area contributed by atoms with Gasteiger partial charge in [-0.05, 0) is 55.7 Å². The molecule has 1 aromatic heterocycles. The number of hydrogen-bond donors (Lipinski definition) is 1. The van der Waals surface area contributed by atoms with E-state index in [-0.39, 0.29) is 4.90 Å². The lowest BCUT2D eigenvalue weighted by Crippen LogP contribution is -2.14. The number of nitrogens with zero attached hydrogens (tertiary/aromatic N) is 3. The van der Waals surface area contributed by atoms with Gasteiger partial charge < -0.3 is 4.57 Å². The van der Waals surface area contributed by atoms with Crippen LogP contribution in [0.4, 0.5) is 5.69 Å². The Labute approximate surface area is 179 Å². The number of nitrogens with one attached hydrogen (secondary N) is 1. The highest BCUT2D eigenvalue weighted by atomic mass is 35.5. The van der Waals surface area contributed by atoms with Crippen LogP contribution in [0.5, 0.6) is 0 Å². The molecule has 0 atom stereocenters. The first kappa shape index (κ1) is 20.2. The van der Waals surface area contributed by atoms with Gasteiger partial charge in [0.1, 0.15) is 5.82 Å². The van der Waals surface area contributed by atoms with Gasteiger partial charge in [-0.2, -0.15) is 0 Å². The monoisotopic (exact) mass is 450 g/mol. The standard InChI is InChI=1S/C20H20Cl2N4O2S/c1-13-16(21)6-5-7-18(13)29(27,28)25-14-9-10-17(22)15(12-14)20-24-23-19-8-3-2-4-11-26(19)20/h5-7,9-10,12,25H,2-4,8,11H2,1H3. The molecule has 1 aliphatic heterocycles. The molecular formula is C20H20Cl2N4O2S. The van der Waals surface area contributed by atoms with Gasteiger partial charge in [-0.3, -0.25) is 4.72 Å². The van der Waals surface area contributed by atoms with Crippen molar-refractivity contribution in [3.05, 3.63) is 57.8 Å². The Kier molecular flexibility index (Phi) is 5.55. The first-order valence-electron chi connectivity index (χ1n) is 9.37. The van der Waals surface area contributed by atoms with E-state index in [9.17, 15) is 8.42 Å². The van der Waals surface area contributed by atoms with Gasteiger partial charge in [0.2, 0.25) is 0 Å². The van der Waals surface area contributed by atoms with Crippen LogP contribution in [-0.2, 0) is 23.0 Å². The largest absolute Gasteiger partial charge is 0.311 e. The van der Waals surface area contributed by atoms with E-state index in [0.29, 0.717) is 32.7 Å². The number of halogens is 2. The van der Waals surface area contributed by atoms with Gasteiger partial charge in [0, 0.05) is 29.2 Å². The molecule has 3 aromatic rings. The molecule has 0 saturated heterocycles. The third-order valence-electron chi connectivity index (χ3n) is 5.08. The van der Waals surface area contributed by atoms with Crippen LogP contribution in [0.15, 0.2) is 41.3 Å². The van der Waals surface area contributed by atoms with E-state index in [1.165, 1.54) is 6.07 Å². The van der Waals surface area contributed by atoms with Crippen molar-refractivity contribution in [2.75, 3.05) is 4.72 Å². The van der Waals surface area contributed by atoms with Crippen molar-refractivity contribution in [3.8, 4) is 11.4 Å². The highest BCUT2D eigenvalue weighted by Crippen LogP contribution is 2.32. The van der Waals surface area contributed by atoms with E-state index < -0.39 is 10.0 Å². The zero-order chi connectivity index (χ0) is 20.6. The lowest BCUT2D eigenvalue weighted by molar-refractivity contribution is 0.600. The smallest absolute Gasteiger partial charge is 0.262 e. The molecule has 1 aliphatic rings. The Morgan fingerprint density at radius 1 is 1.03 bits per heavy atom. The summed E-state index contributed by atoms with van der Waals surface area (Å²) in [7, 11) is -3.81. The number of rotatable bonds is 4. The molecule has 0 spiro atoms. The van der Waals surface area contributed by atoms with Gasteiger partial charge in [0.05, 0.1) is 9.92 Å². The Balaban J connectivity index is 1.71. The zero-order valence-electron chi connectivity index (χ0n) is 15.8. The van der Waals surface area contributed by atoms with Crippen LogP contribution in [0.25, 0.3) is 11.4 Å². The molecule has 9 heteroatoms. The zero-order valence-corrected chi connectivity index (χ0v) is 18.2. The van der Waals surface area contributed by atoms with Crippen molar-refractivity contribution in [3.63, 3.8) is 0 Å². The minimum atomic E-state index is -3.81. The average Bonchev–Trinajstić information content (AvgIpc) is 2.93. The van der Waals surface area contributed by atoms with Crippen molar-refractivity contribution in [1.29, 1.82) is 0 Å². The van der Waals surface area contributed by atoms with Crippen LogP contribution < -0.4 is 4.72 Å². The van der Waals surface area contributed by atoms with Gasteiger partial charge in [-0.15, -0.1) is 10.2 Å². The van der Waals surface area contributed by atoms with Crippen molar-refractivity contribution in [2.45, 2.75) is 44.0 Å². The molecule has 152 valence electrons. The van der Waals surface area contributed by atoms with Gasteiger partial charge in [-0.25, -0.2) is 8.42 Å². The number of aromatic nitrogens is 3. The minimum Gasteiger partial charge on any atom is -0.311 e. The SMILES string of the molecule is Cc1c(Cl)cccc1S(=O)(=O)Nc1ccc(Cl)c(-c2nnc3n2CCCCC3)c1. The molecular weight excluding hydrogens is 431 g/mol. The van der Waals surface area contributed by atoms with Crippen molar-refractivity contribution in [1.82, 2.24) is 14.8 Å².